The van der Waals surface area contributed by atoms with E-state index in [4.69, 9.17) is 26.9 Å². The summed E-state index contributed by atoms with van der Waals surface area (Å²) in [6.45, 7) is 4.08. The minimum atomic E-state index is -4.44. The molecule has 6 heteroatoms. The molecule has 0 fully saturated rings. The molecular formula is C12H12Cl3N2Te+2. The van der Waals surface area contributed by atoms with Crippen LogP contribution in [0.25, 0.3) is 11.4 Å². The third-order valence-electron chi connectivity index (χ3n) is 3.03. The van der Waals surface area contributed by atoms with Gasteiger partial charge in [-0.25, -0.2) is 0 Å². The van der Waals surface area contributed by atoms with Crippen LogP contribution in [0, 0.1) is 13.8 Å². The van der Waals surface area contributed by atoms with Crippen molar-refractivity contribution in [3.05, 3.63) is 47.8 Å². The van der Waals surface area contributed by atoms with Crippen molar-refractivity contribution in [2.75, 3.05) is 0 Å². The molecule has 1 aliphatic heterocycles. The number of hydrogen-bond donors (Lipinski definition) is 0. The van der Waals surface area contributed by atoms with Crippen molar-refractivity contribution in [3.63, 3.8) is 0 Å². The second-order valence-electron chi connectivity index (χ2n) is 4.50. The maximum absolute atomic E-state index is 6.64. The summed E-state index contributed by atoms with van der Waals surface area (Å²) in [6.07, 6.45) is 3.77. The van der Waals surface area contributed by atoms with Crippen molar-refractivity contribution in [3.8, 4) is 11.4 Å². The van der Waals surface area contributed by atoms with Crippen LogP contribution in [-0.4, -0.2) is 14.0 Å². The fourth-order valence-corrected chi connectivity index (χ4v) is 11.6. The Hall–Kier alpha value is -0.0404. The molecule has 0 spiro atoms. The van der Waals surface area contributed by atoms with E-state index in [0.29, 0.717) is 0 Å². The molecule has 2 nitrogen and oxygen atoms in total. The third-order valence-corrected chi connectivity index (χ3v) is 14.4. The fraction of sp³-hybridized carbons (Fsp3) is 0.167. The summed E-state index contributed by atoms with van der Waals surface area (Å²) in [7, 11) is 19.9. The molecule has 3 heterocycles. The summed E-state index contributed by atoms with van der Waals surface area (Å²) in [5, 5.41) is 0. The topological polar surface area (TPSA) is 7.76 Å². The SMILES string of the molecule is Cc1cc[n+]2c(c1)-c1cc(C)cc[n+]1[Te]2(Cl)(Cl)Cl. The van der Waals surface area contributed by atoms with Gasteiger partial charge in [-0.15, -0.1) is 0 Å². The summed E-state index contributed by atoms with van der Waals surface area (Å²) in [6, 6.07) is 8.07. The Bertz CT molecular complexity index is 621. The van der Waals surface area contributed by atoms with Crippen LogP contribution < -0.4 is 5.64 Å². The zero-order valence-electron chi connectivity index (χ0n) is 9.90. The van der Waals surface area contributed by atoms with E-state index in [2.05, 4.69) is 12.1 Å². The molecule has 0 bridgehead atoms. The van der Waals surface area contributed by atoms with E-state index in [0.717, 1.165) is 22.5 Å². The monoisotopic (exact) mass is 419 g/mol. The molecule has 18 heavy (non-hydrogen) atoms. The Labute approximate surface area is 119 Å². The van der Waals surface area contributed by atoms with Crippen LogP contribution >= 0.6 is 26.9 Å². The van der Waals surface area contributed by atoms with Gasteiger partial charge in [0.25, 0.3) is 0 Å². The Balaban J connectivity index is 2.47. The van der Waals surface area contributed by atoms with Crippen LogP contribution in [-0.2, 0) is 0 Å². The first-order valence-corrected chi connectivity index (χ1v) is 16.4. The van der Waals surface area contributed by atoms with Gasteiger partial charge in [-0.3, -0.25) is 0 Å². The molecule has 0 atom stereocenters. The van der Waals surface area contributed by atoms with Crippen LogP contribution in [0.5, 0.6) is 0 Å². The molecule has 1 radical (unpaired) electrons. The second kappa shape index (κ2) is 3.75. The normalized spacial score (nSPS) is 20.6. The van der Waals surface area contributed by atoms with Crippen LogP contribution in [0.4, 0.5) is 0 Å². The first kappa shape index (κ1) is 13.0. The van der Waals surface area contributed by atoms with Gasteiger partial charge in [0.05, 0.1) is 0 Å². The second-order valence-corrected chi connectivity index (χ2v) is 25.5. The summed E-state index contributed by atoms with van der Waals surface area (Å²) in [5.74, 6) is 0. The first-order valence-electron chi connectivity index (χ1n) is 5.44. The van der Waals surface area contributed by atoms with Gasteiger partial charge in [0.15, 0.2) is 0 Å². The van der Waals surface area contributed by atoms with Gasteiger partial charge in [0, 0.05) is 0 Å². The van der Waals surface area contributed by atoms with Crippen molar-refractivity contribution in [2.45, 2.75) is 13.8 Å². The predicted molar refractivity (Wildman–Crippen MR) is 75.9 cm³/mol. The van der Waals surface area contributed by atoms with Gasteiger partial charge in [0.2, 0.25) is 0 Å². The summed E-state index contributed by atoms with van der Waals surface area (Å²) >= 11 is -4.44. The van der Waals surface area contributed by atoms with Crippen LogP contribution in [0.15, 0.2) is 36.7 Å². The molecule has 0 saturated carbocycles. The standard InChI is InChI=1S/C12H12Cl3N2Te/c1-9-3-5-16-11(7-9)12-8-10(2)4-6-17(12)18(16,13,14)15/h3-8H,1-2H3/q+2. The molecule has 0 unspecified atom stereocenters. The number of rotatable bonds is 0. The molecule has 0 amide bonds. The van der Waals surface area contributed by atoms with E-state index in [-0.39, 0.29) is 0 Å². The number of hydrogen-bond acceptors (Lipinski definition) is 0. The molecule has 2 aromatic heterocycles. The Kier molecular flexibility index (Phi) is 2.70. The molecule has 0 aromatic carbocycles. The van der Waals surface area contributed by atoms with E-state index in [9.17, 15) is 0 Å². The van der Waals surface area contributed by atoms with Crippen molar-refractivity contribution in [1.82, 2.24) is 0 Å². The van der Waals surface area contributed by atoms with Crippen molar-refractivity contribution < 1.29 is 5.64 Å². The molecule has 3 rings (SSSR count). The summed E-state index contributed by atoms with van der Waals surface area (Å²) < 4.78 is 3.71. The molecule has 0 N–H and O–H groups in total. The average Bonchev–Trinajstić information content (AvgIpc) is 2.43. The van der Waals surface area contributed by atoms with Gasteiger partial charge in [-0.05, 0) is 0 Å². The van der Waals surface area contributed by atoms with E-state index in [1.54, 1.807) is 0 Å². The molecule has 1 aliphatic rings. The summed E-state index contributed by atoms with van der Waals surface area (Å²) in [5.41, 5.74) is 4.28. The number of aryl methyl sites for hydroxylation is 2. The zero-order chi connectivity index (χ0) is 13.2. The quantitative estimate of drug-likeness (QED) is 0.582. The van der Waals surface area contributed by atoms with Crippen molar-refractivity contribution >= 4 is 40.9 Å². The van der Waals surface area contributed by atoms with Crippen LogP contribution in [0.3, 0.4) is 0 Å². The molecule has 95 valence electrons. The van der Waals surface area contributed by atoms with E-state index in [1.807, 2.05) is 44.0 Å². The van der Waals surface area contributed by atoms with E-state index >= 15 is 0 Å². The van der Waals surface area contributed by atoms with Gasteiger partial charge in [0.1, 0.15) is 0 Å². The van der Waals surface area contributed by atoms with Crippen molar-refractivity contribution in [1.29, 1.82) is 0 Å². The molecule has 0 aliphatic carbocycles. The van der Waals surface area contributed by atoms with Gasteiger partial charge in [-0.2, -0.15) is 0 Å². The van der Waals surface area contributed by atoms with Crippen LogP contribution in [0.1, 0.15) is 11.1 Å². The number of pyridine rings is 2. The van der Waals surface area contributed by atoms with Gasteiger partial charge in [-0.1, -0.05) is 0 Å². The number of nitrogens with zero attached hydrogens (tertiary/aromatic N) is 2. The first-order chi connectivity index (χ1) is 8.28. The number of aromatic nitrogens is 2. The fourth-order valence-electron chi connectivity index (χ4n) is 2.16. The number of halogens is 3. The van der Waals surface area contributed by atoms with Gasteiger partial charge < -0.3 is 0 Å². The van der Waals surface area contributed by atoms with E-state index in [1.165, 1.54) is 0 Å². The van der Waals surface area contributed by atoms with Crippen molar-refractivity contribution in [2.24, 2.45) is 0 Å². The maximum atomic E-state index is 6.64. The molecular weight excluding hydrogens is 406 g/mol. The summed E-state index contributed by atoms with van der Waals surface area (Å²) in [4.78, 5) is 0. The minimum absolute atomic E-state index is 0.983. The third kappa shape index (κ3) is 1.69. The van der Waals surface area contributed by atoms with Gasteiger partial charge >= 0.3 is 120 Å². The predicted octanol–water partition coefficient (Wildman–Crippen LogP) is 2.86. The zero-order valence-corrected chi connectivity index (χ0v) is 14.5. The Morgan fingerprint density at radius 3 is 1.61 bits per heavy atom. The Morgan fingerprint density at radius 1 is 0.833 bits per heavy atom. The van der Waals surface area contributed by atoms with E-state index < -0.39 is 14.0 Å². The number of fused-ring (bicyclic) bond motifs is 3. The Morgan fingerprint density at radius 2 is 1.22 bits per heavy atom. The van der Waals surface area contributed by atoms with Crippen LogP contribution in [0.2, 0.25) is 0 Å². The average molecular weight is 418 g/mol. The molecule has 0 saturated heterocycles. The molecule has 2 aromatic rings.